The van der Waals surface area contributed by atoms with Crippen molar-refractivity contribution in [1.29, 1.82) is 0 Å². The van der Waals surface area contributed by atoms with Crippen LogP contribution in [0.3, 0.4) is 0 Å². The third kappa shape index (κ3) is 5.46. The lowest BCUT2D eigenvalue weighted by Gasteiger charge is -2.33. The van der Waals surface area contributed by atoms with Gasteiger partial charge in [-0.05, 0) is 30.3 Å². The molecule has 1 aliphatic rings. The Morgan fingerprint density at radius 3 is 2.44 bits per heavy atom. The highest BCUT2D eigenvalue weighted by Gasteiger charge is 2.25. The molecule has 1 aromatic heterocycles. The Morgan fingerprint density at radius 2 is 1.76 bits per heavy atom. The summed E-state index contributed by atoms with van der Waals surface area (Å²) in [7, 11) is 1.57. The fourth-order valence-corrected chi connectivity index (χ4v) is 4.86. The van der Waals surface area contributed by atoms with Crippen molar-refractivity contribution in [3.8, 4) is 22.1 Å². The molecule has 1 saturated heterocycles. The summed E-state index contributed by atoms with van der Waals surface area (Å²) in [6, 6.07) is 10.8. The summed E-state index contributed by atoms with van der Waals surface area (Å²) in [6.07, 6.45) is 0. The van der Waals surface area contributed by atoms with E-state index in [0.29, 0.717) is 58.4 Å². The van der Waals surface area contributed by atoms with Crippen molar-refractivity contribution in [1.82, 2.24) is 14.8 Å². The van der Waals surface area contributed by atoms with E-state index < -0.39 is 0 Å². The predicted molar refractivity (Wildman–Crippen MR) is 133 cm³/mol. The largest absolute Gasteiger partial charge is 0.493 e. The highest BCUT2D eigenvalue weighted by molar-refractivity contribution is 7.13. The number of halogens is 2. The van der Waals surface area contributed by atoms with Crippen LogP contribution >= 0.6 is 34.5 Å². The molecule has 7 nitrogen and oxygen atoms in total. The summed E-state index contributed by atoms with van der Waals surface area (Å²) in [6.45, 7) is 3.89. The number of aromatic nitrogens is 1. The molecule has 0 spiro atoms. The van der Waals surface area contributed by atoms with Crippen LogP contribution < -0.4 is 9.47 Å². The Morgan fingerprint density at radius 1 is 1.03 bits per heavy atom. The SMILES string of the molecule is COc1cc(-c2nc(C(=O)N3CCN(C(C)=O)CC3)cs2)ccc1OCc1ccc(Cl)cc1Cl. The number of rotatable bonds is 6. The number of piperazine rings is 1. The van der Waals surface area contributed by atoms with Gasteiger partial charge in [-0.1, -0.05) is 29.3 Å². The quantitative estimate of drug-likeness (QED) is 0.457. The van der Waals surface area contributed by atoms with E-state index >= 15 is 0 Å². The second kappa shape index (κ2) is 10.6. The average molecular weight is 520 g/mol. The number of ether oxygens (including phenoxy) is 2. The molecule has 2 amide bonds. The Labute approximate surface area is 211 Å². The molecule has 10 heteroatoms. The second-order valence-corrected chi connectivity index (χ2v) is 9.43. The van der Waals surface area contributed by atoms with Gasteiger partial charge in [-0.2, -0.15) is 0 Å². The lowest BCUT2D eigenvalue weighted by molar-refractivity contribution is -0.130. The van der Waals surface area contributed by atoms with Gasteiger partial charge in [0.2, 0.25) is 5.91 Å². The molecule has 178 valence electrons. The molecule has 34 heavy (non-hydrogen) atoms. The highest BCUT2D eigenvalue weighted by atomic mass is 35.5. The number of amides is 2. The minimum absolute atomic E-state index is 0.0284. The van der Waals surface area contributed by atoms with Crippen molar-refractivity contribution in [2.45, 2.75) is 13.5 Å². The minimum Gasteiger partial charge on any atom is -0.493 e. The molecule has 2 aromatic carbocycles. The first kappa shape index (κ1) is 24.3. The van der Waals surface area contributed by atoms with E-state index in [1.807, 2.05) is 24.3 Å². The predicted octanol–water partition coefficient (Wildman–Crippen LogP) is 5.01. The average Bonchev–Trinajstić information content (AvgIpc) is 3.33. The highest BCUT2D eigenvalue weighted by Crippen LogP contribution is 2.35. The van der Waals surface area contributed by atoms with Crippen LogP contribution in [0.2, 0.25) is 10.0 Å². The van der Waals surface area contributed by atoms with Crippen molar-refractivity contribution < 1.29 is 19.1 Å². The molecular weight excluding hydrogens is 497 g/mol. The van der Waals surface area contributed by atoms with Crippen molar-refractivity contribution in [3.63, 3.8) is 0 Å². The maximum atomic E-state index is 12.9. The molecular formula is C24H23Cl2N3O4S. The molecule has 3 aromatic rings. The Bertz CT molecular complexity index is 1210. The molecule has 0 bridgehead atoms. The number of nitrogens with zero attached hydrogens (tertiary/aromatic N) is 3. The monoisotopic (exact) mass is 519 g/mol. The number of thiazole rings is 1. The Balaban J connectivity index is 1.44. The summed E-state index contributed by atoms with van der Waals surface area (Å²) in [5, 5.41) is 3.56. The van der Waals surface area contributed by atoms with Gasteiger partial charge in [0.1, 0.15) is 17.3 Å². The van der Waals surface area contributed by atoms with E-state index in [2.05, 4.69) is 4.98 Å². The molecule has 0 radical (unpaired) electrons. The van der Waals surface area contributed by atoms with Crippen molar-refractivity contribution in [3.05, 3.63) is 63.1 Å². The summed E-state index contributed by atoms with van der Waals surface area (Å²) in [5.41, 5.74) is 2.02. The summed E-state index contributed by atoms with van der Waals surface area (Å²) >= 11 is 13.6. The van der Waals surface area contributed by atoms with Gasteiger partial charge < -0.3 is 19.3 Å². The smallest absolute Gasteiger partial charge is 0.273 e. The van der Waals surface area contributed by atoms with E-state index in [-0.39, 0.29) is 18.4 Å². The number of carbonyl (C=O) groups is 2. The van der Waals surface area contributed by atoms with Crippen molar-refractivity contribution in [2.75, 3.05) is 33.3 Å². The Kier molecular flexibility index (Phi) is 7.60. The van der Waals surface area contributed by atoms with Gasteiger partial charge in [0.25, 0.3) is 5.91 Å². The fourth-order valence-electron chi connectivity index (χ4n) is 3.61. The zero-order valence-corrected chi connectivity index (χ0v) is 21.0. The first-order valence-electron chi connectivity index (χ1n) is 10.6. The van der Waals surface area contributed by atoms with Crippen LogP contribution in [0, 0.1) is 0 Å². The molecule has 4 rings (SSSR count). The van der Waals surface area contributed by atoms with Crippen LogP contribution in [0.4, 0.5) is 0 Å². The van der Waals surface area contributed by atoms with E-state index in [4.69, 9.17) is 32.7 Å². The van der Waals surface area contributed by atoms with Crippen LogP contribution in [-0.2, 0) is 11.4 Å². The summed E-state index contributed by atoms with van der Waals surface area (Å²) in [5.74, 6) is 1.01. The van der Waals surface area contributed by atoms with Crippen LogP contribution in [0.25, 0.3) is 10.6 Å². The van der Waals surface area contributed by atoms with Crippen LogP contribution in [-0.4, -0.2) is 59.9 Å². The second-order valence-electron chi connectivity index (χ2n) is 7.73. The van der Waals surface area contributed by atoms with E-state index in [0.717, 1.165) is 11.1 Å². The van der Waals surface area contributed by atoms with Gasteiger partial charge in [0.15, 0.2) is 11.5 Å². The number of benzene rings is 2. The third-order valence-electron chi connectivity index (χ3n) is 5.54. The molecule has 2 heterocycles. The van der Waals surface area contributed by atoms with Crippen molar-refractivity contribution >= 4 is 46.4 Å². The van der Waals surface area contributed by atoms with E-state index in [1.54, 1.807) is 41.3 Å². The maximum Gasteiger partial charge on any atom is 0.273 e. The number of methoxy groups -OCH3 is 1. The third-order valence-corrected chi connectivity index (χ3v) is 7.02. The maximum absolute atomic E-state index is 12.9. The van der Waals surface area contributed by atoms with Gasteiger partial charge in [-0.25, -0.2) is 4.98 Å². The fraction of sp³-hybridized carbons (Fsp3) is 0.292. The standard InChI is InChI=1S/C24H23Cl2N3O4S/c1-15(30)28-7-9-29(10-8-28)24(31)20-14-34-23(27-20)16-4-6-21(22(11-16)32-2)33-13-17-3-5-18(25)12-19(17)26/h3-6,11-12,14H,7-10,13H2,1-2H3. The first-order valence-corrected chi connectivity index (χ1v) is 12.2. The first-order chi connectivity index (χ1) is 16.4. The van der Waals surface area contributed by atoms with Crippen LogP contribution in [0.15, 0.2) is 41.8 Å². The minimum atomic E-state index is -0.127. The Hall–Kier alpha value is -2.81. The lowest BCUT2D eigenvalue weighted by Crippen LogP contribution is -2.50. The van der Waals surface area contributed by atoms with E-state index in [9.17, 15) is 9.59 Å². The zero-order chi connectivity index (χ0) is 24.2. The number of hydrogen-bond donors (Lipinski definition) is 0. The zero-order valence-electron chi connectivity index (χ0n) is 18.7. The summed E-state index contributed by atoms with van der Waals surface area (Å²) in [4.78, 5) is 32.4. The number of hydrogen-bond acceptors (Lipinski definition) is 6. The number of carbonyl (C=O) groups excluding carboxylic acids is 2. The van der Waals surface area contributed by atoms with Gasteiger partial charge in [-0.15, -0.1) is 11.3 Å². The van der Waals surface area contributed by atoms with Gasteiger partial charge >= 0.3 is 0 Å². The van der Waals surface area contributed by atoms with Crippen LogP contribution in [0.5, 0.6) is 11.5 Å². The molecule has 1 fully saturated rings. The van der Waals surface area contributed by atoms with Crippen molar-refractivity contribution in [2.24, 2.45) is 0 Å². The molecule has 0 N–H and O–H groups in total. The molecule has 0 atom stereocenters. The van der Waals surface area contributed by atoms with Gasteiger partial charge in [0.05, 0.1) is 7.11 Å². The summed E-state index contributed by atoms with van der Waals surface area (Å²) < 4.78 is 11.4. The van der Waals surface area contributed by atoms with Crippen LogP contribution in [0.1, 0.15) is 23.0 Å². The van der Waals surface area contributed by atoms with E-state index in [1.165, 1.54) is 11.3 Å². The topological polar surface area (TPSA) is 72.0 Å². The van der Waals surface area contributed by atoms with Gasteiger partial charge in [0, 0.05) is 59.7 Å². The molecule has 0 aliphatic carbocycles. The molecule has 1 aliphatic heterocycles. The molecule has 0 saturated carbocycles. The van der Waals surface area contributed by atoms with Gasteiger partial charge in [-0.3, -0.25) is 9.59 Å². The molecule has 0 unspecified atom stereocenters. The normalized spacial score (nSPS) is 13.6. The lowest BCUT2D eigenvalue weighted by atomic mass is 10.2.